The summed E-state index contributed by atoms with van der Waals surface area (Å²) in [6.07, 6.45) is 1.10. The second-order valence-electron chi connectivity index (χ2n) is 4.97. The van der Waals surface area contributed by atoms with E-state index >= 15 is 0 Å². The number of nitrogens with one attached hydrogen (secondary N) is 1. The minimum absolute atomic E-state index is 0.0316. The van der Waals surface area contributed by atoms with Gasteiger partial charge in [-0.2, -0.15) is 0 Å². The number of methoxy groups -OCH3 is 1. The average molecular weight is 261 g/mol. The van der Waals surface area contributed by atoms with Crippen molar-refractivity contribution in [2.45, 2.75) is 32.6 Å². The van der Waals surface area contributed by atoms with E-state index in [1.165, 1.54) is 0 Å². The first kappa shape index (κ1) is 13.6. The Hall–Kier alpha value is -1.84. The maximum absolute atomic E-state index is 11.9. The number of carbonyl (C=O) groups excluding carboxylic acids is 2. The first-order valence-corrected chi connectivity index (χ1v) is 6.55. The number of benzene rings is 1. The van der Waals surface area contributed by atoms with Crippen molar-refractivity contribution in [3.05, 3.63) is 29.3 Å². The Labute approximate surface area is 113 Å². The molecule has 2 unspecified atom stereocenters. The van der Waals surface area contributed by atoms with Gasteiger partial charge in [-0.3, -0.25) is 14.9 Å². The topological polar surface area (TPSA) is 55.4 Å². The number of hydrogen-bond donors (Lipinski definition) is 1. The minimum atomic E-state index is -0.187. The number of aryl methyl sites for hydroxylation is 1. The van der Waals surface area contributed by atoms with E-state index in [1.54, 1.807) is 7.11 Å². The highest BCUT2D eigenvalue weighted by atomic mass is 16.5. The zero-order chi connectivity index (χ0) is 14.0. The third-order valence-electron chi connectivity index (χ3n) is 3.78. The van der Waals surface area contributed by atoms with Crippen LogP contribution in [-0.2, 0) is 9.59 Å². The first-order valence-electron chi connectivity index (χ1n) is 6.55. The molecule has 1 saturated heterocycles. The number of rotatable bonds is 3. The molecule has 2 rings (SSSR count). The van der Waals surface area contributed by atoms with Crippen molar-refractivity contribution in [1.29, 1.82) is 0 Å². The van der Waals surface area contributed by atoms with Crippen LogP contribution in [-0.4, -0.2) is 18.9 Å². The molecule has 102 valence electrons. The van der Waals surface area contributed by atoms with Crippen LogP contribution < -0.4 is 10.1 Å². The highest BCUT2D eigenvalue weighted by Crippen LogP contribution is 2.35. The largest absolute Gasteiger partial charge is 0.496 e. The first-order chi connectivity index (χ1) is 9.06. The molecule has 19 heavy (non-hydrogen) atoms. The monoisotopic (exact) mass is 261 g/mol. The minimum Gasteiger partial charge on any atom is -0.496 e. The molecule has 4 nitrogen and oxygen atoms in total. The van der Waals surface area contributed by atoms with Gasteiger partial charge in [-0.25, -0.2) is 0 Å². The second kappa shape index (κ2) is 5.43. The summed E-state index contributed by atoms with van der Waals surface area (Å²) in [7, 11) is 1.63. The molecule has 0 aliphatic carbocycles. The van der Waals surface area contributed by atoms with Crippen molar-refractivity contribution < 1.29 is 14.3 Å². The lowest BCUT2D eigenvalue weighted by Crippen LogP contribution is -2.44. The second-order valence-corrected chi connectivity index (χ2v) is 4.97. The van der Waals surface area contributed by atoms with E-state index in [4.69, 9.17) is 4.74 Å². The Morgan fingerprint density at radius 1 is 1.37 bits per heavy atom. The summed E-state index contributed by atoms with van der Waals surface area (Å²) in [5.74, 6) is 0.315. The molecule has 2 amide bonds. The fourth-order valence-electron chi connectivity index (χ4n) is 2.76. The molecular formula is C15H19NO3. The van der Waals surface area contributed by atoms with Crippen LogP contribution in [0.1, 0.15) is 36.8 Å². The van der Waals surface area contributed by atoms with Crippen molar-refractivity contribution >= 4 is 11.8 Å². The Kier molecular flexibility index (Phi) is 3.88. The Balaban J connectivity index is 2.35. The van der Waals surface area contributed by atoms with E-state index in [0.29, 0.717) is 6.42 Å². The lowest BCUT2D eigenvalue weighted by atomic mass is 9.78. The Morgan fingerprint density at radius 2 is 2.11 bits per heavy atom. The third-order valence-corrected chi connectivity index (χ3v) is 3.78. The zero-order valence-electron chi connectivity index (χ0n) is 11.5. The molecule has 0 spiro atoms. The summed E-state index contributed by atoms with van der Waals surface area (Å²) in [5, 5.41) is 2.41. The highest BCUT2D eigenvalue weighted by Gasteiger charge is 2.35. The van der Waals surface area contributed by atoms with E-state index in [2.05, 4.69) is 5.32 Å². The van der Waals surface area contributed by atoms with Crippen LogP contribution in [0, 0.1) is 12.8 Å². The number of imide groups is 1. The molecule has 1 fully saturated rings. The fraction of sp³-hybridized carbons (Fsp3) is 0.467. The summed E-state index contributed by atoms with van der Waals surface area (Å²) in [6, 6.07) is 5.86. The number of amides is 2. The van der Waals surface area contributed by atoms with Crippen LogP contribution in [0.25, 0.3) is 0 Å². The van der Waals surface area contributed by atoms with E-state index in [0.717, 1.165) is 23.3 Å². The van der Waals surface area contributed by atoms with Gasteiger partial charge in [-0.15, -0.1) is 0 Å². The van der Waals surface area contributed by atoms with E-state index < -0.39 is 0 Å². The molecule has 1 heterocycles. The van der Waals surface area contributed by atoms with Crippen LogP contribution in [0.2, 0.25) is 0 Å². The smallest absolute Gasteiger partial charge is 0.230 e. The summed E-state index contributed by atoms with van der Waals surface area (Å²) in [4.78, 5) is 23.4. The quantitative estimate of drug-likeness (QED) is 0.848. The molecule has 1 aromatic rings. The maximum Gasteiger partial charge on any atom is 0.230 e. The van der Waals surface area contributed by atoms with E-state index in [1.807, 2.05) is 32.0 Å². The van der Waals surface area contributed by atoms with Gasteiger partial charge in [0.05, 0.1) is 7.11 Å². The predicted octanol–water partition coefficient (Wildman–Crippen LogP) is 2.16. The molecule has 0 aromatic heterocycles. The molecule has 2 atom stereocenters. The summed E-state index contributed by atoms with van der Waals surface area (Å²) < 4.78 is 5.24. The average Bonchev–Trinajstić information content (AvgIpc) is 2.37. The van der Waals surface area contributed by atoms with Crippen LogP contribution in [0.5, 0.6) is 5.75 Å². The SMILES string of the molecule is CCC1C(=O)NC(=O)CC1c1ccc(OC)c(C)c1. The normalized spacial score (nSPS) is 23.1. The predicted molar refractivity (Wildman–Crippen MR) is 72.0 cm³/mol. The number of piperidine rings is 1. The standard InChI is InChI=1S/C15H19NO3/c1-4-11-12(8-14(17)16-15(11)18)10-5-6-13(19-3)9(2)7-10/h5-7,11-12H,4,8H2,1-3H3,(H,16,17,18). The molecule has 1 aliphatic rings. The molecular weight excluding hydrogens is 242 g/mol. The van der Waals surface area contributed by atoms with Gasteiger partial charge < -0.3 is 4.74 Å². The lowest BCUT2D eigenvalue weighted by molar-refractivity contribution is -0.137. The number of carbonyl (C=O) groups is 2. The molecule has 0 radical (unpaired) electrons. The summed E-state index contributed by atoms with van der Waals surface area (Å²) in [5.41, 5.74) is 2.06. The van der Waals surface area contributed by atoms with Gasteiger partial charge in [0.25, 0.3) is 0 Å². The van der Waals surface area contributed by atoms with Crippen molar-refractivity contribution in [2.24, 2.45) is 5.92 Å². The Bertz CT molecular complexity index is 510. The van der Waals surface area contributed by atoms with Crippen LogP contribution in [0.15, 0.2) is 18.2 Å². The van der Waals surface area contributed by atoms with E-state index in [-0.39, 0.29) is 23.7 Å². The molecule has 1 aliphatic heterocycles. The van der Waals surface area contributed by atoms with Gasteiger partial charge in [0.2, 0.25) is 11.8 Å². The van der Waals surface area contributed by atoms with Gasteiger partial charge in [0.15, 0.2) is 0 Å². The van der Waals surface area contributed by atoms with Gasteiger partial charge in [-0.1, -0.05) is 19.1 Å². The highest BCUT2D eigenvalue weighted by molar-refractivity contribution is 5.99. The summed E-state index contributed by atoms with van der Waals surface area (Å²) >= 11 is 0. The molecule has 4 heteroatoms. The molecule has 0 saturated carbocycles. The molecule has 1 aromatic carbocycles. The van der Waals surface area contributed by atoms with Crippen LogP contribution in [0.3, 0.4) is 0 Å². The summed E-state index contributed by atoms with van der Waals surface area (Å²) in [6.45, 7) is 3.94. The number of hydrogen-bond acceptors (Lipinski definition) is 3. The Morgan fingerprint density at radius 3 is 2.68 bits per heavy atom. The lowest BCUT2D eigenvalue weighted by Gasteiger charge is -2.30. The fourth-order valence-corrected chi connectivity index (χ4v) is 2.76. The third kappa shape index (κ3) is 2.62. The van der Waals surface area contributed by atoms with Gasteiger partial charge in [0.1, 0.15) is 5.75 Å². The van der Waals surface area contributed by atoms with Gasteiger partial charge in [0, 0.05) is 18.3 Å². The van der Waals surface area contributed by atoms with E-state index in [9.17, 15) is 9.59 Å². The molecule has 1 N–H and O–H groups in total. The molecule has 0 bridgehead atoms. The maximum atomic E-state index is 11.9. The van der Waals surface area contributed by atoms with Crippen molar-refractivity contribution in [3.63, 3.8) is 0 Å². The zero-order valence-corrected chi connectivity index (χ0v) is 11.5. The van der Waals surface area contributed by atoms with Crippen LogP contribution >= 0.6 is 0 Å². The van der Waals surface area contributed by atoms with Crippen molar-refractivity contribution in [1.82, 2.24) is 5.32 Å². The van der Waals surface area contributed by atoms with Crippen LogP contribution in [0.4, 0.5) is 0 Å². The van der Waals surface area contributed by atoms with Crippen molar-refractivity contribution in [3.8, 4) is 5.75 Å². The number of ether oxygens (including phenoxy) is 1. The van der Waals surface area contributed by atoms with Crippen molar-refractivity contribution in [2.75, 3.05) is 7.11 Å². The van der Waals surface area contributed by atoms with Gasteiger partial charge in [-0.05, 0) is 30.5 Å². The van der Waals surface area contributed by atoms with Gasteiger partial charge >= 0.3 is 0 Å².